The number of anilines is 3. The highest BCUT2D eigenvalue weighted by molar-refractivity contribution is 7.18. The van der Waals surface area contributed by atoms with Gasteiger partial charge in [0, 0.05) is 23.8 Å². The number of rotatable bonds is 6. The highest BCUT2D eigenvalue weighted by Crippen LogP contribution is 2.31. The van der Waals surface area contributed by atoms with Gasteiger partial charge in [-0.3, -0.25) is 9.59 Å². The van der Waals surface area contributed by atoms with E-state index in [2.05, 4.69) is 20.5 Å². The lowest BCUT2D eigenvalue weighted by atomic mass is 10.1. The van der Waals surface area contributed by atoms with Crippen LogP contribution in [-0.4, -0.2) is 47.8 Å². The number of carbonyl (C=O) groups excluding carboxylic acids is 2. The van der Waals surface area contributed by atoms with Gasteiger partial charge in [-0.25, -0.2) is 13.8 Å². The summed E-state index contributed by atoms with van der Waals surface area (Å²) in [6.45, 7) is 1.79. The molecule has 0 saturated carbocycles. The van der Waals surface area contributed by atoms with Crippen molar-refractivity contribution in [1.29, 1.82) is 0 Å². The van der Waals surface area contributed by atoms with Crippen LogP contribution in [-0.2, 0) is 0 Å². The Morgan fingerprint density at radius 1 is 1.16 bits per heavy atom. The van der Waals surface area contributed by atoms with Gasteiger partial charge in [-0.1, -0.05) is 17.4 Å². The normalized spacial score (nSPS) is 16.2. The van der Waals surface area contributed by atoms with Gasteiger partial charge in [0.25, 0.3) is 5.91 Å². The molecule has 1 aliphatic rings. The van der Waals surface area contributed by atoms with Gasteiger partial charge >= 0.3 is 0 Å². The topological polar surface area (TPSA) is 100 Å². The zero-order valence-electron chi connectivity index (χ0n) is 17.2. The second-order valence-electron chi connectivity index (χ2n) is 7.58. The molecule has 7 nitrogen and oxygen atoms in total. The molecule has 10 heteroatoms. The highest BCUT2D eigenvalue weighted by atomic mass is 32.1. The molecule has 2 aromatic carbocycles. The van der Waals surface area contributed by atoms with Crippen LogP contribution in [0, 0.1) is 11.6 Å². The number of ketones is 1. The monoisotopic (exact) mass is 457 g/mol. The number of carbonyl (C=O) groups is 2. The number of nitrogens with two attached hydrogens (primary N) is 1. The molecule has 0 spiro atoms. The third-order valence-electron chi connectivity index (χ3n) is 5.17. The van der Waals surface area contributed by atoms with E-state index in [1.807, 2.05) is 7.05 Å². The van der Waals surface area contributed by atoms with Gasteiger partial charge in [0.1, 0.15) is 22.3 Å². The molecule has 1 aliphatic heterocycles. The molecular formula is C22H21F2N5O2S. The van der Waals surface area contributed by atoms with E-state index in [0.717, 1.165) is 43.0 Å². The van der Waals surface area contributed by atoms with Crippen LogP contribution in [0.5, 0.6) is 0 Å². The Labute approximate surface area is 187 Å². The van der Waals surface area contributed by atoms with Crippen molar-refractivity contribution in [3.63, 3.8) is 0 Å². The van der Waals surface area contributed by atoms with E-state index in [1.165, 1.54) is 6.07 Å². The van der Waals surface area contributed by atoms with E-state index in [0.29, 0.717) is 11.3 Å². The second-order valence-corrected chi connectivity index (χ2v) is 8.58. The van der Waals surface area contributed by atoms with Crippen LogP contribution >= 0.6 is 11.3 Å². The number of hydrogen-bond acceptors (Lipinski definition) is 7. The quantitative estimate of drug-likeness (QED) is 0.491. The average Bonchev–Trinajstić information content (AvgIpc) is 3.33. The molecule has 0 bridgehead atoms. The van der Waals surface area contributed by atoms with Gasteiger partial charge in [-0.05, 0) is 56.4 Å². The number of amides is 1. The molecule has 1 atom stereocenters. The Kier molecular flexibility index (Phi) is 6.15. The van der Waals surface area contributed by atoms with E-state index in [-0.39, 0.29) is 27.8 Å². The van der Waals surface area contributed by atoms with Crippen molar-refractivity contribution in [3.8, 4) is 0 Å². The van der Waals surface area contributed by atoms with Gasteiger partial charge in [-0.15, -0.1) is 0 Å². The third kappa shape index (κ3) is 4.61. The number of likely N-dealkylation sites (N-methyl/N-ethyl adjacent to an activating group) is 1. The molecule has 1 fully saturated rings. The smallest absolute Gasteiger partial charge is 0.251 e. The zero-order valence-corrected chi connectivity index (χ0v) is 18.0. The number of aromatic nitrogens is 1. The molecule has 1 amide bonds. The second kappa shape index (κ2) is 9.01. The first kappa shape index (κ1) is 21.8. The van der Waals surface area contributed by atoms with Crippen LogP contribution in [0.4, 0.5) is 25.4 Å². The molecule has 1 unspecified atom stereocenters. The van der Waals surface area contributed by atoms with Crippen LogP contribution < -0.4 is 16.4 Å². The molecule has 4 N–H and O–H groups in total. The predicted octanol–water partition coefficient (Wildman–Crippen LogP) is 3.41. The summed E-state index contributed by atoms with van der Waals surface area (Å²) < 4.78 is 27.9. The number of nitrogens with zero attached hydrogens (tertiary/aromatic N) is 2. The van der Waals surface area contributed by atoms with Gasteiger partial charge in [0.05, 0.1) is 5.56 Å². The van der Waals surface area contributed by atoms with E-state index in [9.17, 15) is 18.4 Å². The maximum absolute atomic E-state index is 14.0. The SMILES string of the molecule is CN1CCC(NC(=O)c2ccc(Nc3nc(N)c(C(=O)c4c(F)cccc4F)s3)cc2)C1. The number of thiazole rings is 1. The third-order valence-corrected chi connectivity index (χ3v) is 6.16. The Bertz CT molecular complexity index is 1150. The van der Waals surface area contributed by atoms with Crippen LogP contribution in [0.1, 0.15) is 32.0 Å². The maximum atomic E-state index is 14.0. The summed E-state index contributed by atoms with van der Waals surface area (Å²) in [6, 6.07) is 10.1. The van der Waals surface area contributed by atoms with Gasteiger partial charge in [-0.2, -0.15) is 0 Å². The van der Waals surface area contributed by atoms with Crippen molar-refractivity contribution in [3.05, 3.63) is 70.1 Å². The lowest BCUT2D eigenvalue weighted by Crippen LogP contribution is -2.36. The van der Waals surface area contributed by atoms with Crippen LogP contribution in [0.15, 0.2) is 42.5 Å². The first-order chi connectivity index (χ1) is 15.3. The van der Waals surface area contributed by atoms with E-state index < -0.39 is 23.0 Å². The van der Waals surface area contributed by atoms with Gasteiger partial charge in [0.2, 0.25) is 5.78 Å². The van der Waals surface area contributed by atoms with Crippen molar-refractivity contribution >= 4 is 39.7 Å². The molecule has 3 aromatic rings. The first-order valence-corrected chi connectivity index (χ1v) is 10.7. The molecule has 1 aromatic heterocycles. The van der Waals surface area contributed by atoms with Crippen LogP contribution in [0.2, 0.25) is 0 Å². The predicted molar refractivity (Wildman–Crippen MR) is 119 cm³/mol. The van der Waals surface area contributed by atoms with E-state index in [4.69, 9.17) is 5.73 Å². The summed E-state index contributed by atoms with van der Waals surface area (Å²) in [4.78, 5) is 31.2. The zero-order chi connectivity index (χ0) is 22.8. The number of likely N-dealkylation sites (tertiary alicyclic amines) is 1. The fourth-order valence-corrected chi connectivity index (χ4v) is 4.38. The molecular weight excluding hydrogens is 436 g/mol. The summed E-state index contributed by atoms with van der Waals surface area (Å²) in [7, 11) is 2.02. The molecule has 0 aliphatic carbocycles. The maximum Gasteiger partial charge on any atom is 0.251 e. The van der Waals surface area contributed by atoms with E-state index in [1.54, 1.807) is 24.3 Å². The number of halogens is 2. The Morgan fingerprint density at radius 3 is 2.47 bits per heavy atom. The van der Waals surface area contributed by atoms with Crippen molar-refractivity contribution in [1.82, 2.24) is 15.2 Å². The standard InChI is InChI=1S/C22H21F2N5O2S/c1-29-10-9-14(11-29)26-21(31)12-5-7-13(8-6-12)27-22-28-20(25)19(32-22)18(30)17-15(23)3-2-4-16(17)24/h2-8,14H,9-11,25H2,1H3,(H,26,31)(H,27,28). The molecule has 32 heavy (non-hydrogen) atoms. The summed E-state index contributed by atoms with van der Waals surface area (Å²) in [6.07, 6.45) is 0.922. The number of benzene rings is 2. The fourth-order valence-electron chi connectivity index (χ4n) is 3.53. The minimum absolute atomic E-state index is 0.0611. The number of hydrogen-bond donors (Lipinski definition) is 3. The average molecular weight is 458 g/mol. The van der Waals surface area contributed by atoms with Crippen LogP contribution in [0.25, 0.3) is 0 Å². The van der Waals surface area contributed by atoms with Crippen molar-refractivity contribution in [2.45, 2.75) is 12.5 Å². The number of nitrogen functional groups attached to an aromatic ring is 1. The summed E-state index contributed by atoms with van der Waals surface area (Å²) in [5, 5.41) is 6.30. The molecule has 1 saturated heterocycles. The summed E-state index contributed by atoms with van der Waals surface area (Å²) in [5.74, 6) is -3.06. The first-order valence-electron chi connectivity index (χ1n) is 9.93. The minimum atomic E-state index is -0.963. The molecule has 2 heterocycles. The van der Waals surface area contributed by atoms with Gasteiger partial charge < -0.3 is 21.3 Å². The van der Waals surface area contributed by atoms with Crippen LogP contribution in [0.3, 0.4) is 0 Å². The Balaban J connectivity index is 1.45. The van der Waals surface area contributed by atoms with Crippen molar-refractivity contribution in [2.24, 2.45) is 0 Å². The van der Waals surface area contributed by atoms with Crippen molar-refractivity contribution < 1.29 is 18.4 Å². The molecule has 4 rings (SSSR count). The van der Waals surface area contributed by atoms with E-state index >= 15 is 0 Å². The summed E-state index contributed by atoms with van der Waals surface area (Å²) in [5.41, 5.74) is 6.29. The van der Waals surface area contributed by atoms with Gasteiger partial charge in [0.15, 0.2) is 5.13 Å². The Morgan fingerprint density at radius 2 is 1.84 bits per heavy atom. The van der Waals surface area contributed by atoms with Crippen molar-refractivity contribution in [2.75, 3.05) is 31.2 Å². The fraction of sp³-hybridized carbons (Fsp3) is 0.227. The Hall–Kier alpha value is -3.37. The lowest BCUT2D eigenvalue weighted by Gasteiger charge is -2.13. The highest BCUT2D eigenvalue weighted by Gasteiger charge is 2.24. The largest absolute Gasteiger partial charge is 0.382 e. The number of nitrogens with one attached hydrogen (secondary N) is 2. The summed E-state index contributed by atoms with van der Waals surface area (Å²) >= 11 is 0.893. The molecule has 0 radical (unpaired) electrons. The molecule has 166 valence electrons. The minimum Gasteiger partial charge on any atom is -0.382 e. The lowest BCUT2D eigenvalue weighted by molar-refractivity contribution is 0.0937.